The van der Waals surface area contributed by atoms with Crippen molar-refractivity contribution in [3.05, 3.63) is 65.7 Å². The lowest BCUT2D eigenvalue weighted by Crippen LogP contribution is -2.45. The summed E-state index contributed by atoms with van der Waals surface area (Å²) < 4.78 is 0. The zero-order valence-corrected chi connectivity index (χ0v) is 12.9. The maximum absolute atomic E-state index is 3.45. The average Bonchev–Trinajstić information content (AvgIpc) is 2.48. The maximum Gasteiger partial charge on any atom is 0.0366 e. The first kappa shape index (κ1) is 14.2. The molecule has 0 spiro atoms. The van der Waals surface area contributed by atoms with Gasteiger partial charge in [0.25, 0.3) is 0 Å². The summed E-state index contributed by atoms with van der Waals surface area (Å²) in [5, 5.41) is 3.45. The molecule has 0 aromatic heterocycles. The lowest BCUT2D eigenvalue weighted by Gasteiger charge is -2.41. The van der Waals surface area contributed by atoms with Crippen molar-refractivity contribution < 1.29 is 0 Å². The first-order valence-electron chi connectivity index (χ1n) is 7.91. The molecule has 0 bridgehead atoms. The second kappa shape index (κ2) is 6.31. The second-order valence-corrected chi connectivity index (χ2v) is 5.88. The van der Waals surface area contributed by atoms with Gasteiger partial charge in [-0.1, -0.05) is 49.4 Å². The number of nitrogens with one attached hydrogen (secondary N) is 1. The van der Waals surface area contributed by atoms with Crippen LogP contribution < -0.4 is 10.2 Å². The van der Waals surface area contributed by atoms with Crippen LogP contribution in [-0.4, -0.2) is 19.6 Å². The molecule has 0 aliphatic carbocycles. The van der Waals surface area contributed by atoms with E-state index in [9.17, 15) is 0 Å². The Hall–Kier alpha value is -1.80. The quantitative estimate of drug-likeness (QED) is 0.892. The highest BCUT2D eigenvalue weighted by Gasteiger charge is 2.27. The summed E-state index contributed by atoms with van der Waals surface area (Å²) in [6, 6.07) is 20.3. The Balaban J connectivity index is 1.60. The topological polar surface area (TPSA) is 15.3 Å². The number of rotatable bonds is 5. The summed E-state index contributed by atoms with van der Waals surface area (Å²) in [4.78, 5) is 2.46. The molecule has 21 heavy (non-hydrogen) atoms. The van der Waals surface area contributed by atoms with Gasteiger partial charge in [0.15, 0.2) is 0 Å². The van der Waals surface area contributed by atoms with Gasteiger partial charge in [0.1, 0.15) is 0 Å². The number of nitrogens with zero attached hydrogens (tertiary/aromatic N) is 1. The zero-order chi connectivity index (χ0) is 14.7. The van der Waals surface area contributed by atoms with Crippen LogP contribution in [-0.2, 0) is 0 Å². The summed E-state index contributed by atoms with van der Waals surface area (Å²) in [6.45, 7) is 7.63. The molecule has 3 rings (SSSR count). The van der Waals surface area contributed by atoms with E-state index in [1.54, 1.807) is 0 Å². The third kappa shape index (κ3) is 3.11. The minimum Gasteiger partial charge on any atom is -0.370 e. The highest BCUT2D eigenvalue weighted by Crippen LogP contribution is 2.31. The third-order valence-corrected chi connectivity index (χ3v) is 4.42. The molecule has 1 saturated heterocycles. The van der Waals surface area contributed by atoms with Crippen LogP contribution in [0.4, 0.5) is 5.69 Å². The summed E-state index contributed by atoms with van der Waals surface area (Å²) in [7, 11) is 0. The van der Waals surface area contributed by atoms with Gasteiger partial charge >= 0.3 is 0 Å². The molecule has 110 valence electrons. The standard InChI is InChI=1S/C19H24N2/c1-3-20-15(2)16-9-11-19(12-10-16)21-13-18(14-21)17-7-5-4-6-8-17/h4-12,15,18,20H,3,13-14H2,1-2H3. The van der Waals surface area contributed by atoms with E-state index in [0.29, 0.717) is 12.0 Å². The van der Waals surface area contributed by atoms with Crippen LogP contribution in [0.5, 0.6) is 0 Å². The lowest BCUT2D eigenvalue weighted by atomic mass is 9.91. The molecule has 1 heterocycles. The summed E-state index contributed by atoms with van der Waals surface area (Å²) in [6.07, 6.45) is 0. The van der Waals surface area contributed by atoms with Gasteiger partial charge in [0, 0.05) is 30.7 Å². The van der Waals surface area contributed by atoms with Crippen molar-refractivity contribution in [1.82, 2.24) is 5.32 Å². The Bertz CT molecular complexity index is 556. The Labute approximate surface area is 127 Å². The molecule has 0 saturated carbocycles. The van der Waals surface area contributed by atoms with E-state index in [-0.39, 0.29) is 0 Å². The second-order valence-electron chi connectivity index (χ2n) is 5.88. The van der Waals surface area contributed by atoms with Crippen LogP contribution in [0.1, 0.15) is 36.9 Å². The van der Waals surface area contributed by atoms with Crippen LogP contribution >= 0.6 is 0 Å². The summed E-state index contributed by atoms with van der Waals surface area (Å²) >= 11 is 0. The van der Waals surface area contributed by atoms with Crippen molar-refractivity contribution in [2.75, 3.05) is 24.5 Å². The fraction of sp³-hybridized carbons (Fsp3) is 0.368. The molecule has 1 fully saturated rings. The Morgan fingerprint density at radius 2 is 1.71 bits per heavy atom. The van der Waals surface area contributed by atoms with E-state index in [1.807, 2.05) is 0 Å². The average molecular weight is 280 g/mol. The monoisotopic (exact) mass is 280 g/mol. The molecule has 0 radical (unpaired) electrons. The van der Waals surface area contributed by atoms with Crippen molar-refractivity contribution >= 4 is 5.69 Å². The number of hydrogen-bond acceptors (Lipinski definition) is 2. The highest BCUT2D eigenvalue weighted by atomic mass is 15.2. The predicted molar refractivity (Wildman–Crippen MR) is 89.9 cm³/mol. The van der Waals surface area contributed by atoms with Gasteiger partial charge in [-0.25, -0.2) is 0 Å². The van der Waals surface area contributed by atoms with Crippen LogP contribution in [0, 0.1) is 0 Å². The fourth-order valence-corrected chi connectivity index (χ4v) is 3.02. The normalized spacial score (nSPS) is 16.6. The molecule has 2 aromatic carbocycles. The van der Waals surface area contributed by atoms with Gasteiger partial charge < -0.3 is 10.2 Å². The van der Waals surface area contributed by atoms with E-state index in [2.05, 4.69) is 78.7 Å². The van der Waals surface area contributed by atoms with Crippen molar-refractivity contribution in [2.45, 2.75) is 25.8 Å². The molecule has 1 aliphatic rings. The van der Waals surface area contributed by atoms with Crippen LogP contribution in [0.2, 0.25) is 0 Å². The molecule has 1 aliphatic heterocycles. The highest BCUT2D eigenvalue weighted by molar-refractivity contribution is 5.52. The van der Waals surface area contributed by atoms with Gasteiger partial charge in [0.05, 0.1) is 0 Å². The van der Waals surface area contributed by atoms with Gasteiger partial charge in [-0.15, -0.1) is 0 Å². The van der Waals surface area contributed by atoms with Crippen LogP contribution in [0.3, 0.4) is 0 Å². The molecule has 2 heteroatoms. The van der Waals surface area contributed by atoms with Crippen LogP contribution in [0.15, 0.2) is 54.6 Å². The first-order chi connectivity index (χ1) is 10.3. The largest absolute Gasteiger partial charge is 0.370 e. The van der Waals surface area contributed by atoms with Gasteiger partial charge in [-0.2, -0.15) is 0 Å². The van der Waals surface area contributed by atoms with E-state index in [4.69, 9.17) is 0 Å². The molecule has 1 atom stereocenters. The SMILES string of the molecule is CCNC(C)c1ccc(N2CC(c3ccccc3)C2)cc1. The summed E-state index contributed by atoms with van der Waals surface area (Å²) in [5.74, 6) is 0.687. The minimum absolute atomic E-state index is 0.428. The van der Waals surface area contributed by atoms with Gasteiger partial charge in [-0.05, 0) is 36.7 Å². The van der Waals surface area contributed by atoms with E-state index >= 15 is 0 Å². The summed E-state index contributed by atoms with van der Waals surface area (Å²) in [5.41, 5.74) is 4.17. The fourth-order valence-electron chi connectivity index (χ4n) is 3.02. The zero-order valence-electron chi connectivity index (χ0n) is 12.9. The van der Waals surface area contributed by atoms with Gasteiger partial charge in [-0.3, -0.25) is 0 Å². The van der Waals surface area contributed by atoms with Crippen LogP contribution in [0.25, 0.3) is 0 Å². The molecule has 1 unspecified atom stereocenters. The lowest BCUT2D eigenvalue weighted by molar-refractivity contribution is 0.525. The van der Waals surface area contributed by atoms with Crippen molar-refractivity contribution in [3.63, 3.8) is 0 Å². The molecular weight excluding hydrogens is 256 g/mol. The molecular formula is C19H24N2. The molecule has 2 nitrogen and oxygen atoms in total. The first-order valence-corrected chi connectivity index (χ1v) is 7.91. The predicted octanol–water partition coefficient (Wildman–Crippen LogP) is 3.96. The van der Waals surface area contributed by atoms with Crippen molar-refractivity contribution in [2.24, 2.45) is 0 Å². The Morgan fingerprint density at radius 1 is 1.05 bits per heavy atom. The van der Waals surface area contributed by atoms with E-state index in [1.165, 1.54) is 16.8 Å². The number of benzene rings is 2. The molecule has 2 aromatic rings. The van der Waals surface area contributed by atoms with Crippen molar-refractivity contribution in [1.29, 1.82) is 0 Å². The smallest absolute Gasteiger partial charge is 0.0366 e. The molecule has 0 amide bonds. The van der Waals surface area contributed by atoms with E-state index in [0.717, 1.165) is 19.6 Å². The Morgan fingerprint density at radius 3 is 2.33 bits per heavy atom. The van der Waals surface area contributed by atoms with Crippen molar-refractivity contribution in [3.8, 4) is 0 Å². The third-order valence-electron chi connectivity index (χ3n) is 4.42. The molecule has 1 N–H and O–H groups in total. The minimum atomic E-state index is 0.428. The Kier molecular flexibility index (Phi) is 4.26. The van der Waals surface area contributed by atoms with Gasteiger partial charge in [0.2, 0.25) is 0 Å². The van der Waals surface area contributed by atoms with E-state index < -0.39 is 0 Å². The maximum atomic E-state index is 3.45. The number of hydrogen-bond donors (Lipinski definition) is 1. The number of anilines is 1.